The Morgan fingerprint density at radius 2 is 0.450 bits per heavy atom. The molecule has 0 saturated heterocycles. The van der Waals surface area contributed by atoms with Gasteiger partial charge in [-0.3, -0.25) is 0 Å². The molecule has 6 N–H and O–H groups in total. The van der Waals surface area contributed by atoms with Gasteiger partial charge in [-0.15, -0.1) is 0 Å². The van der Waals surface area contributed by atoms with Crippen LogP contribution < -0.4 is 0 Å². The molecule has 0 unspecified atom stereocenters. The molecule has 20 heteroatoms. The third-order valence-electron chi connectivity index (χ3n) is 0. The fourth-order valence-corrected chi connectivity index (χ4v) is 0. The van der Waals surface area contributed by atoms with Crippen molar-refractivity contribution >= 4 is 111 Å². The third-order valence-corrected chi connectivity index (χ3v) is 0. The summed E-state index contributed by atoms with van der Waals surface area (Å²) in [6.45, 7) is 0. The van der Waals surface area contributed by atoms with E-state index in [1.807, 2.05) is 0 Å². The van der Waals surface area contributed by atoms with E-state index in [0.717, 1.165) is 0 Å². The summed E-state index contributed by atoms with van der Waals surface area (Å²) in [6, 6.07) is 0. The number of rotatable bonds is 0. The van der Waals surface area contributed by atoms with E-state index in [9.17, 15) is 0 Å². The minimum atomic E-state index is -5.25. The Morgan fingerprint density at radius 3 is 0.450 bits per heavy atom. The van der Waals surface area contributed by atoms with Crippen LogP contribution in [0.4, 0.5) is 0 Å². The van der Waals surface area contributed by atoms with Crippen molar-refractivity contribution < 1.29 is 88.6 Å². The zero-order valence-electron chi connectivity index (χ0n) is 7.06. The Morgan fingerprint density at radius 1 is 0.450 bits per heavy atom. The monoisotopic (exact) mass is 632 g/mol. The van der Waals surface area contributed by atoms with Crippen molar-refractivity contribution in [1.82, 2.24) is 0 Å². The molecular formula is H14Cr3Li2Mg2O12Pb. The number of hydrogen-bond donors (Lipinski definition) is 6. The van der Waals surface area contributed by atoms with E-state index in [2.05, 4.69) is 0 Å². The molecule has 0 aromatic heterocycles. The fourth-order valence-electron chi connectivity index (χ4n) is 0. The zero-order valence-corrected chi connectivity index (χ0v) is 16.4. The van der Waals surface area contributed by atoms with E-state index in [4.69, 9.17) is 47.8 Å². The average Bonchev–Trinajstić information content (AvgIpc) is 1.41. The maximum atomic E-state index is 8.82. The molecule has 0 atom stereocenters. The predicted octanol–water partition coefficient (Wildman–Crippen LogP) is -8.11. The normalized spacial score (nSPS) is 8.70. The Labute approximate surface area is 196 Å². The minimum absolute atomic E-state index is 0. The van der Waals surface area contributed by atoms with Crippen LogP contribution in [-0.2, 0) is 63.7 Å². The molecule has 12 nitrogen and oxygen atoms in total. The van der Waals surface area contributed by atoms with Crippen molar-refractivity contribution in [3.05, 3.63) is 0 Å². The second-order valence-electron chi connectivity index (χ2n) is 1.34. The van der Waals surface area contributed by atoms with Crippen molar-refractivity contribution in [2.24, 2.45) is 0 Å². The third kappa shape index (κ3) is 651. The van der Waals surface area contributed by atoms with Gasteiger partial charge in [-0.25, -0.2) is 0 Å². The summed E-state index contributed by atoms with van der Waals surface area (Å²) < 4.78 is 95.6. The first kappa shape index (κ1) is 49.6. The molecule has 0 heterocycles. The van der Waals surface area contributed by atoms with Gasteiger partial charge in [-0.1, -0.05) is 0 Å². The first-order valence-electron chi connectivity index (χ1n) is 2.10. The van der Waals surface area contributed by atoms with Gasteiger partial charge in [0.25, 0.3) is 0 Å². The quantitative estimate of drug-likeness (QED) is 0.137. The molecule has 0 rings (SSSR count). The van der Waals surface area contributed by atoms with Crippen LogP contribution in [0, 0.1) is 0 Å². The van der Waals surface area contributed by atoms with Crippen LogP contribution in [-0.4, -0.2) is 136 Å². The fraction of sp³-hybridized carbons (Fsp3) is 0. The van der Waals surface area contributed by atoms with Crippen LogP contribution >= 0.6 is 0 Å². The van der Waals surface area contributed by atoms with Crippen LogP contribution in [0.15, 0.2) is 0 Å². The van der Waals surface area contributed by atoms with E-state index in [0.29, 0.717) is 0 Å². The Kier molecular flexibility index (Phi) is 56.5. The molecule has 0 bridgehead atoms. The molecule has 0 aliphatic heterocycles. The molecule has 0 aliphatic carbocycles. The zero-order chi connectivity index (χ0) is 13.5. The first-order valence-corrected chi connectivity index (χ1v) is 8.64. The first-order chi connectivity index (χ1) is 6.00. The molecule has 0 spiro atoms. The van der Waals surface area contributed by atoms with E-state index >= 15 is 0 Å². The van der Waals surface area contributed by atoms with Crippen molar-refractivity contribution in [3.8, 4) is 0 Å². The summed E-state index contributed by atoms with van der Waals surface area (Å²) in [4.78, 5) is 0. The topological polar surface area (TPSA) is 224 Å². The maximum absolute atomic E-state index is 8.82. The van der Waals surface area contributed by atoms with E-state index in [1.54, 1.807) is 0 Å². The second kappa shape index (κ2) is 22.8. The van der Waals surface area contributed by atoms with Gasteiger partial charge < -0.3 is 0 Å². The van der Waals surface area contributed by atoms with Crippen LogP contribution in [0.3, 0.4) is 0 Å². The van der Waals surface area contributed by atoms with Gasteiger partial charge in [-0.2, -0.15) is 0 Å². The van der Waals surface area contributed by atoms with E-state index in [1.165, 1.54) is 0 Å². The molecule has 114 valence electrons. The van der Waals surface area contributed by atoms with Crippen LogP contribution in [0.1, 0.15) is 0 Å². The van der Waals surface area contributed by atoms with Crippen LogP contribution in [0.5, 0.6) is 0 Å². The Bertz CT molecular complexity index is 356. The summed E-state index contributed by atoms with van der Waals surface area (Å²) in [5.74, 6) is 0. The number of hydrogen-bond acceptors (Lipinski definition) is 6. The summed E-state index contributed by atoms with van der Waals surface area (Å²) >= 11 is -15.8. The van der Waals surface area contributed by atoms with Crippen LogP contribution in [0.2, 0.25) is 0 Å². The molecule has 20 heavy (non-hydrogen) atoms. The van der Waals surface area contributed by atoms with Gasteiger partial charge in [0.15, 0.2) is 0 Å². The summed E-state index contributed by atoms with van der Waals surface area (Å²) in [5, 5.41) is 0. The molecule has 0 aromatic carbocycles. The van der Waals surface area contributed by atoms with Crippen molar-refractivity contribution in [3.63, 3.8) is 0 Å². The summed E-state index contributed by atoms with van der Waals surface area (Å²) in [7, 11) is 0. The molecular weight excluding hydrogens is 618 g/mol. The van der Waals surface area contributed by atoms with Gasteiger partial charge >= 0.3 is 200 Å². The molecule has 0 saturated carbocycles. The van der Waals surface area contributed by atoms with Gasteiger partial charge in [0, 0.05) is 0 Å². The van der Waals surface area contributed by atoms with Gasteiger partial charge in [-0.05, 0) is 0 Å². The Hall–Kier alpha value is 3.81. The van der Waals surface area contributed by atoms with Crippen molar-refractivity contribution in [1.29, 1.82) is 0 Å². The second-order valence-corrected chi connectivity index (χ2v) is 5.54. The summed E-state index contributed by atoms with van der Waals surface area (Å²) in [5.41, 5.74) is 0. The molecule has 2 radical (unpaired) electrons. The Balaban J connectivity index is -0.0000000160. The van der Waals surface area contributed by atoms with Gasteiger partial charge in [0.05, 0.1) is 0 Å². The predicted molar refractivity (Wildman–Crippen MR) is 57.4 cm³/mol. The molecule has 0 aromatic rings. The van der Waals surface area contributed by atoms with E-state index in [-0.39, 0.29) is 111 Å². The van der Waals surface area contributed by atoms with Crippen molar-refractivity contribution in [2.45, 2.75) is 0 Å². The SMILES string of the molecule is [LiH].[LiH].[MgH2].[MgH2].[O]=[Cr](=[O])([OH])[OH].[O]=[Cr](=[O])([OH])[OH].[O]=[Cr](=[O])([OH])[OH].[PbH2]. The average molecular weight is 632 g/mol. The molecule has 0 aliphatic rings. The summed E-state index contributed by atoms with van der Waals surface area (Å²) in [6.07, 6.45) is 0. The van der Waals surface area contributed by atoms with Gasteiger partial charge in [0.1, 0.15) is 0 Å². The van der Waals surface area contributed by atoms with Gasteiger partial charge in [0.2, 0.25) is 0 Å². The standard InChI is InChI=1S/3Cr.2Li.2Mg.6H2O.6O.Pb.8H/h;;;;;;;6*1H2;;;;;;;;;;;;;;;/q3*+2;;;;;;;;;;;;;;;;;;;;;;;;;/p-6. The molecule has 0 fully saturated rings. The molecule has 0 amide bonds. The van der Waals surface area contributed by atoms with Crippen LogP contribution in [0.25, 0.3) is 0 Å². The van der Waals surface area contributed by atoms with Crippen molar-refractivity contribution in [2.75, 3.05) is 0 Å². The van der Waals surface area contributed by atoms with E-state index < -0.39 is 40.8 Å².